The molecule has 0 fully saturated rings. The molecule has 0 bridgehead atoms. The number of nitrogens with zero attached hydrogens (tertiary/aromatic N) is 2. The minimum atomic E-state index is 0.0555. The van der Waals surface area contributed by atoms with E-state index in [4.69, 9.17) is 0 Å². The van der Waals surface area contributed by atoms with E-state index in [-0.39, 0.29) is 44.6 Å². The first kappa shape index (κ1) is 46.1. The summed E-state index contributed by atoms with van der Waals surface area (Å²) in [5, 5.41) is 1.42. The van der Waals surface area contributed by atoms with Crippen molar-refractivity contribution in [3.05, 3.63) is 123 Å². The van der Waals surface area contributed by atoms with Crippen LogP contribution in [0, 0.1) is 6.92 Å². The van der Waals surface area contributed by atoms with Crippen molar-refractivity contribution in [3.63, 3.8) is 0 Å². The molecule has 68 heavy (non-hydrogen) atoms. The number of hydrogen-bond acceptors (Lipinski definition) is 3. The summed E-state index contributed by atoms with van der Waals surface area (Å²) in [6, 6.07) is 31.0. The molecule has 0 atom stereocenters. The van der Waals surface area contributed by atoms with Gasteiger partial charge in [-0.05, 0) is 199 Å². The van der Waals surface area contributed by atoms with E-state index in [1.165, 1.54) is 132 Å². The van der Waals surface area contributed by atoms with Gasteiger partial charge in [0.2, 0.25) is 0 Å². The zero-order valence-corrected chi connectivity index (χ0v) is 45.9. The lowest BCUT2D eigenvalue weighted by Gasteiger charge is -2.47. The second kappa shape index (κ2) is 14.4. The van der Waals surface area contributed by atoms with Crippen molar-refractivity contribution >= 4 is 78.0 Å². The van der Waals surface area contributed by atoms with E-state index in [0.29, 0.717) is 5.92 Å². The standard InChI is InChI=1S/C64H79BN2S/c1-37(2)39-30-52-55-53(31-39)67(50-22-19-40(29-38(50)3)58(4,5)6)51-35-47-46(62(13,14)26-27-63(47,15)16)34-49(51)65(55)57-56(42-33-45-48(36-54(42)68-57)64(17,18)28-25-61(45,11)12)66(52)41-20-21-43-44(32-41)60(9,10)24-23-59(43,7)8/h19-22,29-37H,23-28H2,1-18H3. The van der Waals surface area contributed by atoms with Gasteiger partial charge in [-0.25, -0.2) is 0 Å². The third-order valence-corrected chi connectivity index (χ3v) is 19.9. The fraction of sp³-hybridized carbons (Fsp3) is 0.500. The zero-order chi connectivity index (χ0) is 48.8. The van der Waals surface area contributed by atoms with Crippen LogP contribution in [0.4, 0.5) is 34.1 Å². The molecule has 0 saturated heterocycles. The highest BCUT2D eigenvalue weighted by atomic mass is 32.1. The van der Waals surface area contributed by atoms with Gasteiger partial charge in [0.05, 0.1) is 5.69 Å². The van der Waals surface area contributed by atoms with Crippen molar-refractivity contribution in [1.29, 1.82) is 0 Å². The van der Waals surface area contributed by atoms with Crippen LogP contribution in [0.5, 0.6) is 0 Å². The Kier molecular flexibility index (Phi) is 9.78. The molecule has 5 aromatic carbocycles. The first-order valence-corrected chi connectivity index (χ1v) is 27.2. The monoisotopic (exact) mass is 919 g/mol. The summed E-state index contributed by atoms with van der Waals surface area (Å²) in [5.74, 6) is 0.339. The van der Waals surface area contributed by atoms with Crippen molar-refractivity contribution in [2.24, 2.45) is 0 Å². The number of hydrogen-bond donors (Lipinski definition) is 0. The fourth-order valence-electron chi connectivity index (χ4n) is 13.6. The van der Waals surface area contributed by atoms with Crippen molar-refractivity contribution in [3.8, 4) is 0 Å². The van der Waals surface area contributed by atoms with Crippen LogP contribution >= 0.6 is 11.3 Å². The van der Waals surface area contributed by atoms with E-state index in [1.54, 1.807) is 16.7 Å². The molecule has 2 nitrogen and oxygen atoms in total. The molecule has 0 spiro atoms. The van der Waals surface area contributed by atoms with Gasteiger partial charge in [-0.1, -0.05) is 142 Å². The van der Waals surface area contributed by atoms with Gasteiger partial charge >= 0.3 is 0 Å². The van der Waals surface area contributed by atoms with Crippen molar-refractivity contribution in [2.45, 2.75) is 207 Å². The number of thiophene rings is 1. The molecule has 0 amide bonds. The van der Waals surface area contributed by atoms with E-state index in [9.17, 15) is 0 Å². The Morgan fingerprint density at radius 1 is 0.515 bits per heavy atom. The molecular weight excluding hydrogens is 840 g/mol. The molecule has 0 radical (unpaired) electrons. The largest absolute Gasteiger partial charge is 0.311 e. The maximum Gasteiger partial charge on any atom is 0.264 e. The van der Waals surface area contributed by atoms with Gasteiger partial charge in [0.25, 0.3) is 6.71 Å². The van der Waals surface area contributed by atoms with E-state index in [2.05, 4.69) is 219 Å². The van der Waals surface area contributed by atoms with E-state index >= 15 is 0 Å². The molecular formula is C64H79BN2S. The molecule has 6 aromatic rings. The average molecular weight is 919 g/mol. The normalized spacial score (nSPS) is 20.9. The summed E-state index contributed by atoms with van der Waals surface area (Å²) in [4.78, 5) is 5.51. The molecule has 0 saturated carbocycles. The molecule has 4 heteroatoms. The van der Waals surface area contributed by atoms with E-state index in [0.717, 1.165) is 0 Å². The lowest BCUT2D eigenvalue weighted by Crippen LogP contribution is -2.61. The Bertz CT molecular complexity index is 3120. The smallest absolute Gasteiger partial charge is 0.264 e. The highest BCUT2D eigenvalue weighted by molar-refractivity contribution is 7.33. The maximum atomic E-state index is 2.78. The SMILES string of the molecule is Cc1cc(C(C)(C)C)ccc1N1c2cc3c(cc2B2c4sc5cc6c(cc5c4N(c4ccc5c(c4)C(C)(C)CCC5(C)C)c4cc(C(C)C)cc1c42)C(C)(C)CCC6(C)C)C(C)(C)CCC3(C)C. The lowest BCUT2D eigenvalue weighted by atomic mass is 9.35. The molecule has 0 N–H and O–H groups in total. The zero-order valence-electron chi connectivity index (χ0n) is 45.1. The van der Waals surface area contributed by atoms with E-state index in [1.807, 2.05) is 0 Å². The molecule has 2 aliphatic heterocycles. The van der Waals surface area contributed by atoms with E-state index < -0.39 is 0 Å². The molecule has 354 valence electrons. The third-order valence-electron chi connectivity index (χ3n) is 18.7. The quantitative estimate of drug-likeness (QED) is 0.163. The third kappa shape index (κ3) is 6.67. The first-order chi connectivity index (χ1) is 31.5. The summed E-state index contributed by atoms with van der Waals surface area (Å²) in [6.07, 6.45) is 7.20. The van der Waals surface area contributed by atoms with Crippen LogP contribution in [-0.2, 0) is 37.9 Å². The molecule has 0 unspecified atom stereocenters. The Labute approximate surface area is 415 Å². The number of anilines is 6. The second-order valence-corrected chi connectivity index (χ2v) is 28.8. The van der Waals surface area contributed by atoms with Gasteiger partial charge in [-0.2, -0.15) is 0 Å². The first-order valence-electron chi connectivity index (χ1n) is 26.4. The van der Waals surface area contributed by atoms with Crippen molar-refractivity contribution in [1.82, 2.24) is 0 Å². The van der Waals surface area contributed by atoms with Crippen molar-refractivity contribution in [2.75, 3.05) is 9.80 Å². The van der Waals surface area contributed by atoms with Gasteiger partial charge in [-0.15, -0.1) is 11.3 Å². The second-order valence-electron chi connectivity index (χ2n) is 27.7. The lowest BCUT2D eigenvalue weighted by molar-refractivity contribution is 0.332. The highest BCUT2D eigenvalue weighted by Gasteiger charge is 2.49. The highest BCUT2D eigenvalue weighted by Crippen LogP contribution is 2.56. The Morgan fingerprint density at radius 3 is 1.56 bits per heavy atom. The van der Waals surface area contributed by atoms with Gasteiger partial charge in [0.1, 0.15) is 0 Å². The number of rotatable bonds is 3. The van der Waals surface area contributed by atoms with Gasteiger partial charge in [-0.3, -0.25) is 0 Å². The maximum absolute atomic E-state index is 2.78. The van der Waals surface area contributed by atoms with Gasteiger partial charge < -0.3 is 9.80 Å². The summed E-state index contributed by atoms with van der Waals surface area (Å²) < 4.78 is 2.93. The van der Waals surface area contributed by atoms with Crippen LogP contribution in [-0.4, -0.2) is 6.71 Å². The summed E-state index contributed by atoms with van der Waals surface area (Å²) in [7, 11) is 0. The molecule has 3 aliphatic carbocycles. The fourth-order valence-corrected chi connectivity index (χ4v) is 14.9. The number of fused-ring (bicyclic) bond motifs is 9. The van der Waals surface area contributed by atoms with Gasteiger partial charge in [0.15, 0.2) is 0 Å². The van der Waals surface area contributed by atoms with Gasteiger partial charge in [0, 0.05) is 43.3 Å². The summed E-state index contributed by atoms with van der Waals surface area (Å²) in [6.45, 7) is 44.2. The topological polar surface area (TPSA) is 6.48 Å². The Balaban J connectivity index is 1.30. The molecule has 5 aliphatic rings. The Hall–Kier alpha value is -4.28. The van der Waals surface area contributed by atoms with Crippen LogP contribution in [0.2, 0.25) is 0 Å². The average Bonchev–Trinajstić information content (AvgIpc) is 3.63. The minimum absolute atomic E-state index is 0.0555. The molecule has 1 aromatic heterocycles. The van der Waals surface area contributed by atoms with Crippen LogP contribution < -0.4 is 25.5 Å². The molecule has 3 heterocycles. The Morgan fingerprint density at radius 2 is 1.01 bits per heavy atom. The minimum Gasteiger partial charge on any atom is -0.311 e. The number of aryl methyl sites for hydroxylation is 1. The van der Waals surface area contributed by atoms with Crippen LogP contribution in [0.15, 0.2) is 72.8 Å². The summed E-state index contributed by atoms with van der Waals surface area (Å²) >= 11 is 2.09. The predicted molar refractivity (Wildman–Crippen MR) is 299 cm³/mol. The van der Waals surface area contributed by atoms with Crippen LogP contribution in [0.25, 0.3) is 10.1 Å². The molecule has 11 rings (SSSR count). The van der Waals surface area contributed by atoms with Crippen molar-refractivity contribution < 1.29 is 0 Å². The predicted octanol–water partition coefficient (Wildman–Crippen LogP) is 16.8. The van der Waals surface area contributed by atoms with Crippen LogP contribution in [0.1, 0.15) is 212 Å². The van der Waals surface area contributed by atoms with Crippen LogP contribution in [0.3, 0.4) is 0 Å². The summed E-state index contributed by atoms with van der Waals surface area (Å²) in [5.41, 5.74) is 24.9. The number of benzene rings is 5.